The number of rotatable bonds is 6. The predicted octanol–water partition coefficient (Wildman–Crippen LogP) is 4.54. The maximum Gasteiger partial charge on any atom is 0.254 e. The number of nitrogens with one attached hydrogen (secondary N) is 1. The first kappa shape index (κ1) is 22.3. The van der Waals surface area contributed by atoms with Crippen LogP contribution in [0.1, 0.15) is 27.0 Å². The molecule has 6 nitrogen and oxygen atoms in total. The SMILES string of the molecule is Cc1cc(-c2cccc(C(=O)N3CCOCC3)c2)cnc1N/C=C/c1ccc(/C=C\N)cc1. The standard InChI is InChI=1S/C27H28N4O2/c1-20-17-25(23-3-2-4-24(18-23)27(32)31-13-15-33-16-14-31)19-30-26(20)29-12-10-22-7-5-21(6-8-22)9-11-28/h2-12,17-19H,13-16,28H2,1H3,(H,29,30)/b11-9-,12-10+. The molecule has 1 amide bonds. The van der Waals surface area contributed by atoms with E-state index >= 15 is 0 Å². The molecule has 0 aliphatic carbocycles. The van der Waals surface area contributed by atoms with Crippen molar-refractivity contribution in [1.29, 1.82) is 0 Å². The van der Waals surface area contributed by atoms with E-state index in [0.29, 0.717) is 31.9 Å². The van der Waals surface area contributed by atoms with E-state index in [-0.39, 0.29) is 5.91 Å². The number of hydrogen-bond donors (Lipinski definition) is 2. The van der Waals surface area contributed by atoms with Crippen LogP contribution in [0.5, 0.6) is 0 Å². The number of carbonyl (C=O) groups is 1. The van der Waals surface area contributed by atoms with Crippen molar-refractivity contribution >= 4 is 23.9 Å². The number of hydrogen-bond acceptors (Lipinski definition) is 5. The summed E-state index contributed by atoms with van der Waals surface area (Å²) in [6.07, 6.45) is 9.09. The van der Waals surface area contributed by atoms with Crippen LogP contribution in [0.3, 0.4) is 0 Å². The van der Waals surface area contributed by atoms with Crippen LogP contribution >= 0.6 is 0 Å². The zero-order valence-electron chi connectivity index (χ0n) is 18.7. The van der Waals surface area contributed by atoms with E-state index in [0.717, 1.165) is 33.6 Å². The van der Waals surface area contributed by atoms with Gasteiger partial charge in [0.05, 0.1) is 13.2 Å². The smallest absolute Gasteiger partial charge is 0.254 e. The molecule has 4 rings (SSSR count). The normalized spacial score (nSPS) is 14.2. The summed E-state index contributed by atoms with van der Waals surface area (Å²) in [7, 11) is 0. The van der Waals surface area contributed by atoms with Crippen LogP contribution in [0.25, 0.3) is 23.3 Å². The number of ether oxygens (including phenoxy) is 1. The first-order chi connectivity index (χ1) is 16.1. The van der Waals surface area contributed by atoms with Gasteiger partial charge in [-0.15, -0.1) is 0 Å². The lowest BCUT2D eigenvalue weighted by Crippen LogP contribution is -2.40. The molecule has 6 heteroatoms. The number of benzene rings is 2. The molecule has 1 fully saturated rings. The molecule has 1 saturated heterocycles. The third kappa shape index (κ3) is 5.67. The minimum Gasteiger partial charge on any atom is -0.405 e. The molecule has 1 aliphatic heterocycles. The average molecular weight is 441 g/mol. The molecule has 1 aliphatic rings. The Morgan fingerprint density at radius 2 is 1.76 bits per heavy atom. The highest BCUT2D eigenvalue weighted by Gasteiger charge is 2.18. The van der Waals surface area contributed by atoms with Gasteiger partial charge in [0.15, 0.2) is 0 Å². The Bertz CT molecular complexity index is 1160. The summed E-state index contributed by atoms with van der Waals surface area (Å²) in [5.74, 6) is 0.832. The van der Waals surface area contributed by atoms with Gasteiger partial charge in [-0.1, -0.05) is 36.4 Å². The van der Waals surface area contributed by atoms with Crippen molar-refractivity contribution < 1.29 is 9.53 Å². The van der Waals surface area contributed by atoms with Gasteiger partial charge in [-0.3, -0.25) is 4.79 Å². The molecule has 0 atom stereocenters. The van der Waals surface area contributed by atoms with Crippen molar-refractivity contribution in [2.45, 2.75) is 6.92 Å². The zero-order valence-corrected chi connectivity index (χ0v) is 18.7. The maximum absolute atomic E-state index is 12.8. The van der Waals surface area contributed by atoms with E-state index < -0.39 is 0 Å². The minimum absolute atomic E-state index is 0.0420. The van der Waals surface area contributed by atoms with Gasteiger partial charge in [0.1, 0.15) is 5.82 Å². The van der Waals surface area contributed by atoms with E-state index in [1.54, 1.807) is 0 Å². The number of aromatic nitrogens is 1. The number of nitrogens with two attached hydrogens (primary N) is 1. The van der Waals surface area contributed by atoms with Crippen LogP contribution in [0, 0.1) is 6.92 Å². The highest BCUT2D eigenvalue weighted by atomic mass is 16.5. The summed E-state index contributed by atoms with van der Waals surface area (Å²) >= 11 is 0. The predicted molar refractivity (Wildman–Crippen MR) is 133 cm³/mol. The zero-order chi connectivity index (χ0) is 23.0. The highest BCUT2D eigenvalue weighted by molar-refractivity contribution is 5.95. The van der Waals surface area contributed by atoms with Crippen molar-refractivity contribution in [2.75, 3.05) is 31.6 Å². The molecule has 0 radical (unpaired) electrons. The monoisotopic (exact) mass is 440 g/mol. The Kier molecular flexibility index (Phi) is 7.17. The van der Waals surface area contributed by atoms with Gasteiger partial charge in [-0.05, 0) is 65.7 Å². The summed E-state index contributed by atoms with van der Waals surface area (Å²) in [6, 6.07) is 17.9. The molecule has 168 valence electrons. The van der Waals surface area contributed by atoms with E-state index in [4.69, 9.17) is 10.5 Å². The third-order valence-electron chi connectivity index (χ3n) is 5.54. The van der Waals surface area contributed by atoms with Gasteiger partial charge >= 0.3 is 0 Å². The van der Waals surface area contributed by atoms with Crippen LogP contribution in [-0.2, 0) is 4.74 Å². The quantitative estimate of drug-likeness (QED) is 0.588. The Morgan fingerprint density at radius 3 is 2.45 bits per heavy atom. The second-order valence-electron chi connectivity index (χ2n) is 7.88. The van der Waals surface area contributed by atoms with E-state index in [9.17, 15) is 4.79 Å². The molecule has 3 N–H and O–H groups in total. The molecule has 3 aromatic rings. The Labute approximate surface area is 194 Å². The molecule has 2 heterocycles. The van der Waals surface area contributed by atoms with E-state index in [1.807, 2.05) is 84.9 Å². The van der Waals surface area contributed by atoms with Gasteiger partial charge in [-0.2, -0.15) is 0 Å². The third-order valence-corrected chi connectivity index (χ3v) is 5.54. The first-order valence-corrected chi connectivity index (χ1v) is 11.0. The lowest BCUT2D eigenvalue weighted by Gasteiger charge is -2.27. The molecule has 1 aromatic heterocycles. The summed E-state index contributed by atoms with van der Waals surface area (Å²) in [6.45, 7) is 4.46. The largest absolute Gasteiger partial charge is 0.405 e. The van der Waals surface area contributed by atoms with Crippen molar-refractivity contribution in [1.82, 2.24) is 9.88 Å². The minimum atomic E-state index is 0.0420. The number of morpholine rings is 1. The van der Waals surface area contributed by atoms with Gasteiger partial charge in [0.2, 0.25) is 0 Å². The molecule has 33 heavy (non-hydrogen) atoms. The van der Waals surface area contributed by atoms with Crippen LogP contribution in [-0.4, -0.2) is 42.1 Å². The number of amides is 1. The molecule has 2 aromatic carbocycles. The highest BCUT2D eigenvalue weighted by Crippen LogP contribution is 2.24. The summed E-state index contributed by atoms with van der Waals surface area (Å²) in [5, 5.41) is 3.25. The number of carbonyl (C=O) groups excluding carboxylic acids is 1. The van der Waals surface area contributed by atoms with Crippen LogP contribution < -0.4 is 11.1 Å². The van der Waals surface area contributed by atoms with Crippen LogP contribution in [0.2, 0.25) is 0 Å². The summed E-state index contributed by atoms with van der Waals surface area (Å²) in [5.41, 5.74) is 11.2. The Balaban J connectivity index is 1.44. The van der Waals surface area contributed by atoms with Crippen molar-refractivity contribution in [3.8, 4) is 11.1 Å². The maximum atomic E-state index is 12.8. The number of aryl methyl sites for hydroxylation is 1. The topological polar surface area (TPSA) is 80.5 Å². The van der Waals surface area contributed by atoms with Crippen molar-refractivity contribution in [3.63, 3.8) is 0 Å². The van der Waals surface area contributed by atoms with Gasteiger partial charge in [-0.25, -0.2) is 4.98 Å². The van der Waals surface area contributed by atoms with Crippen molar-refractivity contribution in [3.05, 3.63) is 95.4 Å². The van der Waals surface area contributed by atoms with Gasteiger partial charge in [0.25, 0.3) is 5.91 Å². The molecule has 0 saturated carbocycles. The lowest BCUT2D eigenvalue weighted by molar-refractivity contribution is 0.0303. The van der Waals surface area contributed by atoms with Gasteiger partial charge < -0.3 is 20.7 Å². The molecular formula is C27H28N4O2. The Hall–Kier alpha value is -3.90. The number of pyridine rings is 1. The fraction of sp³-hybridized carbons (Fsp3) is 0.185. The molecule has 0 bridgehead atoms. The second kappa shape index (κ2) is 10.6. The fourth-order valence-electron chi connectivity index (χ4n) is 3.71. The first-order valence-electron chi connectivity index (χ1n) is 11.0. The van der Waals surface area contributed by atoms with E-state index in [2.05, 4.69) is 16.4 Å². The summed E-state index contributed by atoms with van der Waals surface area (Å²) < 4.78 is 5.35. The van der Waals surface area contributed by atoms with E-state index in [1.165, 1.54) is 6.20 Å². The number of anilines is 1. The number of nitrogens with zero attached hydrogens (tertiary/aromatic N) is 2. The van der Waals surface area contributed by atoms with Crippen LogP contribution in [0.4, 0.5) is 5.82 Å². The molecule has 0 spiro atoms. The fourth-order valence-corrected chi connectivity index (χ4v) is 3.71. The average Bonchev–Trinajstić information content (AvgIpc) is 2.86. The van der Waals surface area contributed by atoms with Crippen LogP contribution in [0.15, 0.2) is 73.2 Å². The molecular weight excluding hydrogens is 412 g/mol. The summed E-state index contributed by atoms with van der Waals surface area (Å²) in [4.78, 5) is 19.3. The lowest BCUT2D eigenvalue weighted by atomic mass is 10.0. The van der Waals surface area contributed by atoms with Gasteiger partial charge in [0, 0.05) is 36.6 Å². The molecule has 0 unspecified atom stereocenters. The Morgan fingerprint density at radius 1 is 1.03 bits per heavy atom. The van der Waals surface area contributed by atoms with Crippen molar-refractivity contribution in [2.24, 2.45) is 5.73 Å². The second-order valence-corrected chi connectivity index (χ2v) is 7.88.